The summed E-state index contributed by atoms with van der Waals surface area (Å²) in [5, 5.41) is 0. The molecule has 0 amide bonds. The molecule has 100 valence electrons. The van der Waals surface area contributed by atoms with Crippen molar-refractivity contribution >= 4 is 0 Å². The maximum Gasteiger partial charge on any atom is -0.0329 e. The fourth-order valence-corrected chi connectivity index (χ4v) is 2.35. The smallest absolute Gasteiger partial charge is 0.0329 e. The predicted molar refractivity (Wildman–Crippen MR) is 82.6 cm³/mol. The first kappa shape index (κ1) is 15.0. The first-order valence-corrected chi connectivity index (χ1v) is 7.30. The Bertz CT molecular complexity index is 331. The Morgan fingerprint density at radius 1 is 0.944 bits per heavy atom. The zero-order chi connectivity index (χ0) is 13.4. The molecule has 0 spiro atoms. The van der Waals surface area contributed by atoms with Gasteiger partial charge in [-0.2, -0.15) is 0 Å². The number of hydrogen-bond donors (Lipinski definition) is 0. The highest BCUT2D eigenvalue weighted by molar-refractivity contribution is 5.38. The Balaban J connectivity index is 0.000000180. The molecule has 0 bridgehead atoms. The summed E-state index contributed by atoms with van der Waals surface area (Å²) in [6, 6.07) is 0. The Morgan fingerprint density at radius 2 is 1.56 bits per heavy atom. The third-order valence-electron chi connectivity index (χ3n) is 3.78. The molecule has 0 heterocycles. The molecule has 0 saturated heterocycles. The Morgan fingerprint density at radius 3 is 2.17 bits per heavy atom. The van der Waals surface area contributed by atoms with Gasteiger partial charge in [0.2, 0.25) is 0 Å². The maximum absolute atomic E-state index is 3.80. The third kappa shape index (κ3) is 6.64. The quantitative estimate of drug-likeness (QED) is 0.470. The minimum atomic E-state index is 1.01. The number of allylic oxidation sites excluding steroid dienone is 7. The van der Waals surface area contributed by atoms with Crippen LogP contribution >= 0.6 is 0 Å². The minimum Gasteiger partial charge on any atom is -0.0918 e. The highest BCUT2D eigenvalue weighted by atomic mass is 14.2. The van der Waals surface area contributed by atoms with Crippen LogP contribution in [0, 0.1) is 11.8 Å². The van der Waals surface area contributed by atoms with Gasteiger partial charge in [-0.25, -0.2) is 0 Å². The van der Waals surface area contributed by atoms with Gasteiger partial charge >= 0.3 is 0 Å². The lowest BCUT2D eigenvalue weighted by Crippen LogP contribution is -1.91. The van der Waals surface area contributed by atoms with Crippen LogP contribution in [0.25, 0.3) is 0 Å². The van der Waals surface area contributed by atoms with Gasteiger partial charge in [-0.15, -0.1) is 0 Å². The van der Waals surface area contributed by atoms with E-state index in [9.17, 15) is 0 Å². The van der Waals surface area contributed by atoms with Gasteiger partial charge in [0, 0.05) is 0 Å². The monoisotopic (exact) mass is 244 g/mol. The molecule has 0 nitrogen and oxygen atoms in total. The summed E-state index contributed by atoms with van der Waals surface area (Å²) in [6.45, 7) is 10.6. The molecule has 0 aromatic rings. The first-order chi connectivity index (χ1) is 8.58. The van der Waals surface area contributed by atoms with E-state index in [1.165, 1.54) is 37.7 Å². The van der Waals surface area contributed by atoms with Crippen LogP contribution in [0.4, 0.5) is 0 Å². The van der Waals surface area contributed by atoms with Crippen LogP contribution in [0.2, 0.25) is 0 Å². The Hall–Kier alpha value is -1.04. The van der Waals surface area contributed by atoms with Gasteiger partial charge in [-0.05, 0) is 24.3 Å². The van der Waals surface area contributed by atoms with E-state index in [2.05, 4.69) is 39.5 Å². The second kappa shape index (κ2) is 8.13. The van der Waals surface area contributed by atoms with Crippen molar-refractivity contribution in [1.29, 1.82) is 0 Å². The van der Waals surface area contributed by atoms with Crippen molar-refractivity contribution < 1.29 is 0 Å². The van der Waals surface area contributed by atoms with Crippen LogP contribution < -0.4 is 0 Å². The van der Waals surface area contributed by atoms with Crippen molar-refractivity contribution in [3.63, 3.8) is 0 Å². The summed E-state index contributed by atoms with van der Waals surface area (Å²) in [7, 11) is 0. The van der Waals surface area contributed by atoms with Crippen molar-refractivity contribution in [3.8, 4) is 0 Å². The van der Waals surface area contributed by atoms with Gasteiger partial charge in [-0.3, -0.25) is 0 Å². The molecule has 0 heteroatoms. The fourth-order valence-electron chi connectivity index (χ4n) is 2.35. The van der Waals surface area contributed by atoms with Gasteiger partial charge in [0.1, 0.15) is 0 Å². The Labute approximate surface area is 113 Å². The van der Waals surface area contributed by atoms with Crippen LogP contribution in [-0.2, 0) is 0 Å². The third-order valence-corrected chi connectivity index (χ3v) is 3.78. The standard InChI is InChI=1S/C9H18.C9H10/c2*1-8-4-3-5-9(2)7-6-8/h8-9H,3-7H2,1-2H3;3-7H,1H2,2H3. The molecular formula is C18H28. The topological polar surface area (TPSA) is 0 Å². The molecule has 2 rings (SSSR count). The molecule has 2 atom stereocenters. The maximum atomic E-state index is 3.80. The van der Waals surface area contributed by atoms with Gasteiger partial charge in [0.05, 0.1) is 0 Å². The Kier molecular flexibility index (Phi) is 6.78. The van der Waals surface area contributed by atoms with Crippen LogP contribution in [0.5, 0.6) is 0 Å². The molecule has 1 fully saturated rings. The highest BCUT2D eigenvalue weighted by Gasteiger charge is 2.11. The number of hydrogen-bond acceptors (Lipinski definition) is 0. The van der Waals surface area contributed by atoms with Crippen LogP contribution in [0.1, 0.15) is 52.9 Å². The summed E-state index contributed by atoms with van der Waals surface area (Å²) in [4.78, 5) is 0. The van der Waals surface area contributed by atoms with E-state index in [0.29, 0.717) is 0 Å². The second-order valence-electron chi connectivity index (χ2n) is 5.90. The molecule has 1 saturated carbocycles. The molecule has 0 radical (unpaired) electrons. The average molecular weight is 244 g/mol. The SMILES string of the molecule is C=C1C=CC=C(C)C=C1.CC1CCCC(C)CC1. The van der Waals surface area contributed by atoms with E-state index >= 15 is 0 Å². The van der Waals surface area contributed by atoms with Crippen molar-refractivity contribution in [2.75, 3.05) is 0 Å². The van der Waals surface area contributed by atoms with Gasteiger partial charge < -0.3 is 0 Å². The van der Waals surface area contributed by atoms with E-state index in [0.717, 1.165) is 17.4 Å². The van der Waals surface area contributed by atoms with Crippen molar-refractivity contribution in [3.05, 3.63) is 48.1 Å². The van der Waals surface area contributed by atoms with Crippen molar-refractivity contribution in [1.82, 2.24) is 0 Å². The minimum absolute atomic E-state index is 1.01. The van der Waals surface area contributed by atoms with E-state index in [-0.39, 0.29) is 0 Å². The molecule has 2 unspecified atom stereocenters. The summed E-state index contributed by atoms with van der Waals surface area (Å²) in [5.74, 6) is 2.02. The summed E-state index contributed by atoms with van der Waals surface area (Å²) >= 11 is 0. The zero-order valence-electron chi connectivity index (χ0n) is 12.3. The van der Waals surface area contributed by atoms with E-state index in [4.69, 9.17) is 0 Å². The molecule has 18 heavy (non-hydrogen) atoms. The highest BCUT2D eigenvalue weighted by Crippen LogP contribution is 2.25. The van der Waals surface area contributed by atoms with Crippen molar-refractivity contribution in [2.24, 2.45) is 11.8 Å². The van der Waals surface area contributed by atoms with Crippen LogP contribution in [0.15, 0.2) is 48.1 Å². The number of rotatable bonds is 0. The van der Waals surface area contributed by atoms with Crippen LogP contribution in [0.3, 0.4) is 0 Å². The lowest BCUT2D eigenvalue weighted by Gasteiger charge is -2.05. The average Bonchev–Trinajstić information content (AvgIpc) is 2.63. The van der Waals surface area contributed by atoms with Crippen molar-refractivity contribution in [2.45, 2.75) is 52.9 Å². The summed E-state index contributed by atoms with van der Waals surface area (Å²) in [6.07, 6.45) is 17.5. The largest absolute Gasteiger partial charge is 0.0918 e. The molecule has 0 N–H and O–H groups in total. The van der Waals surface area contributed by atoms with E-state index in [1.807, 2.05) is 18.2 Å². The summed E-state index contributed by atoms with van der Waals surface area (Å²) in [5.41, 5.74) is 2.33. The van der Waals surface area contributed by atoms with Gasteiger partial charge in [-0.1, -0.05) is 88.5 Å². The molecular weight excluding hydrogens is 216 g/mol. The van der Waals surface area contributed by atoms with E-state index in [1.54, 1.807) is 0 Å². The first-order valence-electron chi connectivity index (χ1n) is 7.30. The zero-order valence-corrected chi connectivity index (χ0v) is 12.3. The lowest BCUT2D eigenvalue weighted by molar-refractivity contribution is 0.476. The molecule has 0 aromatic heterocycles. The fraction of sp³-hybridized carbons (Fsp3) is 0.556. The molecule has 0 aliphatic heterocycles. The van der Waals surface area contributed by atoms with Gasteiger partial charge in [0.15, 0.2) is 0 Å². The molecule has 0 aromatic carbocycles. The lowest BCUT2D eigenvalue weighted by atomic mass is 10.0. The summed E-state index contributed by atoms with van der Waals surface area (Å²) < 4.78 is 0. The predicted octanol–water partition coefficient (Wildman–Crippen LogP) is 5.84. The second-order valence-corrected chi connectivity index (χ2v) is 5.90. The molecule has 2 aliphatic carbocycles. The molecule has 2 aliphatic rings. The normalized spacial score (nSPS) is 27.7. The van der Waals surface area contributed by atoms with Crippen LogP contribution in [-0.4, -0.2) is 0 Å². The van der Waals surface area contributed by atoms with Gasteiger partial charge in [0.25, 0.3) is 0 Å². The van der Waals surface area contributed by atoms with E-state index < -0.39 is 0 Å².